The van der Waals surface area contributed by atoms with Gasteiger partial charge in [-0.3, -0.25) is 0 Å². The van der Waals surface area contributed by atoms with Gasteiger partial charge in [0.1, 0.15) is 0 Å². The normalized spacial score (nSPS) is 29.4. The number of hydrogen-bond acceptors (Lipinski definition) is 3. The minimum atomic E-state index is -0.219. The summed E-state index contributed by atoms with van der Waals surface area (Å²) in [6.45, 7) is 0. The van der Waals surface area contributed by atoms with E-state index in [1.165, 1.54) is 25.7 Å². The lowest BCUT2D eigenvalue weighted by Crippen LogP contribution is -2.27. The van der Waals surface area contributed by atoms with E-state index in [9.17, 15) is 5.11 Å². The van der Waals surface area contributed by atoms with Crippen LogP contribution >= 0.6 is 0 Å². The molecule has 3 rings (SSSR count). The van der Waals surface area contributed by atoms with Crippen molar-refractivity contribution in [2.45, 2.75) is 38.2 Å². The van der Waals surface area contributed by atoms with E-state index >= 15 is 0 Å². The monoisotopic (exact) mass is 276 g/mol. The van der Waals surface area contributed by atoms with Crippen LogP contribution in [0.2, 0.25) is 0 Å². The molecule has 3 heteroatoms. The molecular formula is C17H24O3. The second-order valence-corrected chi connectivity index (χ2v) is 6.30. The quantitative estimate of drug-likeness (QED) is 0.898. The average molecular weight is 276 g/mol. The zero-order valence-electron chi connectivity index (χ0n) is 12.3. The van der Waals surface area contributed by atoms with Crippen molar-refractivity contribution in [3.05, 3.63) is 23.8 Å². The molecule has 20 heavy (non-hydrogen) atoms. The molecule has 1 aromatic rings. The molecule has 4 atom stereocenters. The number of rotatable bonds is 5. The molecule has 2 aliphatic rings. The molecule has 2 fully saturated rings. The van der Waals surface area contributed by atoms with Gasteiger partial charge in [0.15, 0.2) is 11.5 Å². The maximum absolute atomic E-state index is 10.5. The summed E-state index contributed by atoms with van der Waals surface area (Å²) in [5, 5.41) is 10.5. The molecule has 2 aliphatic carbocycles. The van der Waals surface area contributed by atoms with Crippen LogP contribution in [0.5, 0.6) is 11.5 Å². The Bertz CT molecular complexity index is 471. The van der Waals surface area contributed by atoms with E-state index in [1.54, 1.807) is 14.2 Å². The number of ether oxygens (including phenoxy) is 2. The van der Waals surface area contributed by atoms with Gasteiger partial charge in [-0.25, -0.2) is 0 Å². The van der Waals surface area contributed by atoms with Crippen molar-refractivity contribution >= 4 is 0 Å². The summed E-state index contributed by atoms with van der Waals surface area (Å²) >= 11 is 0. The molecule has 0 amide bonds. The average Bonchev–Trinajstić information content (AvgIpc) is 3.09. The second kappa shape index (κ2) is 5.65. The van der Waals surface area contributed by atoms with Crippen LogP contribution in [0.25, 0.3) is 0 Å². The van der Waals surface area contributed by atoms with Crippen molar-refractivity contribution in [3.8, 4) is 11.5 Å². The van der Waals surface area contributed by atoms with E-state index in [0.29, 0.717) is 12.3 Å². The molecule has 0 radical (unpaired) electrons. The molecule has 1 N–H and O–H groups in total. The summed E-state index contributed by atoms with van der Waals surface area (Å²) in [6.07, 6.45) is 5.76. The minimum absolute atomic E-state index is 0.219. The fraction of sp³-hybridized carbons (Fsp3) is 0.647. The van der Waals surface area contributed by atoms with Crippen LogP contribution in [-0.2, 0) is 6.42 Å². The standard InChI is InChI=1S/C17H24O3/c1-19-16-6-4-12(10-17(16)20-2)9-15(18)14-8-11-3-5-13(14)7-11/h4,6,10-11,13-15,18H,3,5,7-9H2,1-2H3. The lowest BCUT2D eigenvalue weighted by Gasteiger charge is -2.27. The number of hydrogen-bond donors (Lipinski definition) is 1. The van der Waals surface area contributed by atoms with E-state index in [-0.39, 0.29) is 6.10 Å². The molecule has 3 nitrogen and oxygen atoms in total. The van der Waals surface area contributed by atoms with Gasteiger partial charge in [0, 0.05) is 0 Å². The number of methoxy groups -OCH3 is 2. The van der Waals surface area contributed by atoms with Gasteiger partial charge in [-0.1, -0.05) is 12.5 Å². The third kappa shape index (κ3) is 2.51. The van der Waals surface area contributed by atoms with Crippen molar-refractivity contribution in [1.29, 1.82) is 0 Å². The molecule has 0 heterocycles. The van der Waals surface area contributed by atoms with Gasteiger partial charge < -0.3 is 14.6 Å². The topological polar surface area (TPSA) is 38.7 Å². The summed E-state index contributed by atoms with van der Waals surface area (Å²) in [4.78, 5) is 0. The maximum Gasteiger partial charge on any atom is 0.160 e. The molecule has 0 aliphatic heterocycles. The van der Waals surface area contributed by atoms with Gasteiger partial charge >= 0.3 is 0 Å². The molecular weight excluding hydrogens is 252 g/mol. The Hall–Kier alpha value is -1.22. The van der Waals surface area contributed by atoms with Gasteiger partial charge in [0.2, 0.25) is 0 Å². The van der Waals surface area contributed by atoms with Crippen molar-refractivity contribution < 1.29 is 14.6 Å². The van der Waals surface area contributed by atoms with Gasteiger partial charge in [0.05, 0.1) is 20.3 Å². The van der Waals surface area contributed by atoms with Gasteiger partial charge in [-0.2, -0.15) is 0 Å². The van der Waals surface area contributed by atoms with Crippen molar-refractivity contribution in [2.24, 2.45) is 17.8 Å². The van der Waals surface area contributed by atoms with Gasteiger partial charge in [0.25, 0.3) is 0 Å². The van der Waals surface area contributed by atoms with E-state index in [0.717, 1.165) is 28.9 Å². The highest BCUT2D eigenvalue weighted by molar-refractivity contribution is 5.43. The second-order valence-electron chi connectivity index (χ2n) is 6.30. The molecule has 0 aromatic heterocycles. The van der Waals surface area contributed by atoms with Crippen LogP contribution in [0, 0.1) is 17.8 Å². The number of aliphatic hydroxyl groups excluding tert-OH is 1. The summed E-state index contributed by atoms with van der Waals surface area (Å²) < 4.78 is 10.6. The highest BCUT2D eigenvalue weighted by Crippen LogP contribution is 2.50. The largest absolute Gasteiger partial charge is 0.493 e. The smallest absolute Gasteiger partial charge is 0.160 e. The van der Waals surface area contributed by atoms with Crippen molar-refractivity contribution in [3.63, 3.8) is 0 Å². The number of fused-ring (bicyclic) bond motifs is 2. The van der Waals surface area contributed by atoms with Crippen LogP contribution in [0.1, 0.15) is 31.2 Å². The summed E-state index contributed by atoms with van der Waals surface area (Å²) in [7, 11) is 3.29. The zero-order chi connectivity index (χ0) is 14.1. The highest BCUT2D eigenvalue weighted by Gasteiger charge is 2.42. The predicted molar refractivity (Wildman–Crippen MR) is 78.2 cm³/mol. The first-order valence-electron chi connectivity index (χ1n) is 7.60. The minimum Gasteiger partial charge on any atom is -0.493 e. The Kier molecular flexibility index (Phi) is 3.88. The number of benzene rings is 1. The first-order chi connectivity index (χ1) is 9.71. The van der Waals surface area contributed by atoms with Crippen molar-refractivity contribution in [2.75, 3.05) is 14.2 Å². The third-order valence-corrected chi connectivity index (χ3v) is 5.18. The molecule has 1 aromatic carbocycles. The van der Waals surface area contributed by atoms with Crippen LogP contribution < -0.4 is 9.47 Å². The summed E-state index contributed by atoms with van der Waals surface area (Å²) in [6, 6.07) is 5.93. The van der Waals surface area contributed by atoms with E-state index in [1.807, 2.05) is 18.2 Å². The van der Waals surface area contributed by atoms with Crippen LogP contribution in [0.15, 0.2) is 18.2 Å². The third-order valence-electron chi connectivity index (χ3n) is 5.18. The SMILES string of the molecule is COc1ccc(CC(O)C2CC3CCC2C3)cc1OC. The molecule has 4 unspecified atom stereocenters. The van der Waals surface area contributed by atoms with Gasteiger partial charge in [-0.15, -0.1) is 0 Å². The van der Waals surface area contributed by atoms with Gasteiger partial charge in [-0.05, 0) is 61.1 Å². The maximum atomic E-state index is 10.5. The molecule has 2 saturated carbocycles. The first kappa shape index (κ1) is 13.7. The Morgan fingerprint density at radius 3 is 2.55 bits per heavy atom. The first-order valence-corrected chi connectivity index (χ1v) is 7.60. The molecule has 110 valence electrons. The zero-order valence-corrected chi connectivity index (χ0v) is 12.3. The summed E-state index contributed by atoms with van der Waals surface area (Å²) in [5.74, 6) is 3.62. The highest BCUT2D eigenvalue weighted by atomic mass is 16.5. The van der Waals surface area contributed by atoms with E-state index < -0.39 is 0 Å². The van der Waals surface area contributed by atoms with Crippen LogP contribution in [0.4, 0.5) is 0 Å². The number of aliphatic hydroxyl groups is 1. The fourth-order valence-electron chi connectivity index (χ4n) is 4.17. The Morgan fingerprint density at radius 2 is 1.95 bits per heavy atom. The lowest BCUT2D eigenvalue weighted by atomic mass is 9.82. The Balaban J connectivity index is 1.68. The van der Waals surface area contributed by atoms with Crippen LogP contribution in [0.3, 0.4) is 0 Å². The predicted octanol–water partition coefficient (Wildman–Crippen LogP) is 3.04. The molecule has 0 spiro atoms. The van der Waals surface area contributed by atoms with E-state index in [4.69, 9.17) is 9.47 Å². The molecule has 2 bridgehead atoms. The fourth-order valence-corrected chi connectivity index (χ4v) is 4.17. The summed E-state index contributed by atoms with van der Waals surface area (Å²) in [5.41, 5.74) is 1.12. The van der Waals surface area contributed by atoms with Crippen LogP contribution in [-0.4, -0.2) is 25.4 Å². The lowest BCUT2D eigenvalue weighted by molar-refractivity contribution is 0.0750. The molecule has 0 saturated heterocycles. The van der Waals surface area contributed by atoms with E-state index in [2.05, 4.69) is 0 Å². The van der Waals surface area contributed by atoms with Crippen molar-refractivity contribution in [1.82, 2.24) is 0 Å². The Morgan fingerprint density at radius 1 is 1.15 bits per heavy atom. The Labute approximate surface area is 120 Å².